The van der Waals surface area contributed by atoms with E-state index in [2.05, 4.69) is 22.9 Å². The Morgan fingerprint density at radius 1 is 1.56 bits per heavy atom. The highest BCUT2D eigenvalue weighted by Gasteiger charge is 2.24. The average molecular weight is 311 g/mol. The number of carbonyl (C=O) groups excluding carboxylic acids is 1. The van der Waals surface area contributed by atoms with Crippen molar-refractivity contribution in [1.29, 1.82) is 0 Å². The highest BCUT2D eigenvalue weighted by Crippen LogP contribution is 2.27. The molecule has 1 fully saturated rings. The molecule has 1 aliphatic rings. The van der Waals surface area contributed by atoms with Gasteiger partial charge in [0.05, 0.1) is 10.0 Å². The largest absolute Gasteiger partial charge is 0.398 e. The van der Waals surface area contributed by atoms with Gasteiger partial charge in [-0.25, -0.2) is 0 Å². The van der Waals surface area contributed by atoms with Crippen LogP contribution in [0.3, 0.4) is 0 Å². The van der Waals surface area contributed by atoms with Gasteiger partial charge in [0.2, 0.25) is 0 Å². The van der Waals surface area contributed by atoms with Gasteiger partial charge in [-0.1, -0.05) is 19.4 Å². The first-order valence-electron chi connectivity index (χ1n) is 6.46. The van der Waals surface area contributed by atoms with Gasteiger partial charge in [0.1, 0.15) is 0 Å². The van der Waals surface area contributed by atoms with Crippen LogP contribution in [0.2, 0.25) is 0 Å². The van der Waals surface area contributed by atoms with E-state index in [1.165, 1.54) is 6.42 Å². The lowest BCUT2D eigenvalue weighted by Gasteiger charge is -2.32. The lowest BCUT2D eigenvalue weighted by Crippen LogP contribution is -2.39. The number of anilines is 1. The molecule has 1 heterocycles. The molecule has 1 atom stereocenters. The van der Waals surface area contributed by atoms with Crippen LogP contribution in [0.5, 0.6) is 0 Å². The van der Waals surface area contributed by atoms with E-state index in [1.54, 1.807) is 6.07 Å². The maximum atomic E-state index is 12.5. The summed E-state index contributed by atoms with van der Waals surface area (Å²) in [7, 11) is 0. The first-order valence-corrected chi connectivity index (χ1v) is 7.26. The summed E-state index contributed by atoms with van der Waals surface area (Å²) in [6.07, 6.45) is 3.48. The fourth-order valence-corrected chi connectivity index (χ4v) is 2.90. The first-order chi connectivity index (χ1) is 8.63. The number of nitrogens with zero attached hydrogens (tertiary/aromatic N) is 1. The topological polar surface area (TPSA) is 46.3 Å². The van der Waals surface area contributed by atoms with E-state index in [-0.39, 0.29) is 5.91 Å². The van der Waals surface area contributed by atoms with E-state index in [0.717, 1.165) is 25.9 Å². The maximum Gasteiger partial charge on any atom is 0.255 e. The number of hydrogen-bond donors (Lipinski definition) is 1. The van der Waals surface area contributed by atoms with E-state index in [1.807, 2.05) is 17.0 Å². The molecule has 2 N–H and O–H groups in total. The van der Waals surface area contributed by atoms with Crippen LogP contribution in [0.1, 0.15) is 36.5 Å². The number of rotatable bonds is 2. The van der Waals surface area contributed by atoms with E-state index in [0.29, 0.717) is 21.6 Å². The molecule has 1 unspecified atom stereocenters. The van der Waals surface area contributed by atoms with Crippen molar-refractivity contribution in [3.05, 3.63) is 28.2 Å². The lowest BCUT2D eigenvalue weighted by molar-refractivity contribution is 0.0670. The number of likely N-dealkylation sites (tertiary alicyclic amines) is 1. The minimum atomic E-state index is 0.0901. The summed E-state index contributed by atoms with van der Waals surface area (Å²) in [5, 5.41) is 0. The maximum absolute atomic E-state index is 12.5. The first kappa shape index (κ1) is 13.4. The number of piperidine rings is 1. The van der Waals surface area contributed by atoms with Gasteiger partial charge in [-0.2, -0.15) is 0 Å². The molecule has 0 radical (unpaired) electrons. The molecule has 0 aliphatic carbocycles. The van der Waals surface area contributed by atoms with Crippen molar-refractivity contribution in [2.24, 2.45) is 5.92 Å². The van der Waals surface area contributed by atoms with Crippen molar-refractivity contribution in [2.75, 3.05) is 18.8 Å². The number of carbonyl (C=O) groups is 1. The Morgan fingerprint density at radius 2 is 2.33 bits per heavy atom. The smallest absolute Gasteiger partial charge is 0.255 e. The summed E-state index contributed by atoms with van der Waals surface area (Å²) in [5.41, 5.74) is 7.11. The third kappa shape index (κ3) is 2.69. The summed E-state index contributed by atoms with van der Waals surface area (Å²) in [6, 6.07) is 5.46. The fraction of sp³-hybridized carbons (Fsp3) is 0.500. The van der Waals surface area contributed by atoms with Gasteiger partial charge in [-0.15, -0.1) is 0 Å². The third-order valence-electron chi connectivity index (χ3n) is 3.64. The van der Waals surface area contributed by atoms with Gasteiger partial charge < -0.3 is 10.6 Å². The molecular formula is C14H19BrN2O. The third-order valence-corrected chi connectivity index (χ3v) is 4.53. The number of hydrogen-bond acceptors (Lipinski definition) is 2. The molecule has 0 saturated carbocycles. The fourth-order valence-electron chi connectivity index (χ4n) is 2.47. The van der Waals surface area contributed by atoms with Gasteiger partial charge in [-0.3, -0.25) is 4.79 Å². The summed E-state index contributed by atoms with van der Waals surface area (Å²) in [5.74, 6) is 0.731. The summed E-state index contributed by atoms with van der Waals surface area (Å²) in [6.45, 7) is 3.92. The molecule has 2 rings (SSSR count). The normalized spacial score (nSPS) is 19.9. The average Bonchev–Trinajstić information content (AvgIpc) is 2.41. The Bertz CT molecular complexity index is 447. The number of nitrogen functional groups attached to an aromatic ring is 1. The molecule has 1 aliphatic heterocycles. The molecule has 1 amide bonds. The minimum absolute atomic E-state index is 0.0901. The predicted molar refractivity (Wildman–Crippen MR) is 77.5 cm³/mol. The Labute approximate surface area is 116 Å². The lowest BCUT2D eigenvalue weighted by atomic mass is 9.95. The molecule has 18 heavy (non-hydrogen) atoms. The second-order valence-electron chi connectivity index (χ2n) is 4.88. The van der Waals surface area contributed by atoms with Crippen LogP contribution >= 0.6 is 15.9 Å². The van der Waals surface area contributed by atoms with Crippen molar-refractivity contribution in [1.82, 2.24) is 4.90 Å². The summed E-state index contributed by atoms with van der Waals surface area (Å²) >= 11 is 3.41. The second kappa shape index (κ2) is 5.74. The predicted octanol–water partition coefficient (Wildman–Crippen LogP) is 3.29. The van der Waals surface area contributed by atoms with Crippen LogP contribution < -0.4 is 5.73 Å². The number of benzene rings is 1. The molecule has 1 aromatic carbocycles. The number of halogens is 1. The molecular weight excluding hydrogens is 292 g/mol. The highest BCUT2D eigenvalue weighted by atomic mass is 79.9. The quantitative estimate of drug-likeness (QED) is 0.852. The molecule has 0 bridgehead atoms. The van der Waals surface area contributed by atoms with Crippen LogP contribution in [0, 0.1) is 5.92 Å². The monoisotopic (exact) mass is 310 g/mol. The van der Waals surface area contributed by atoms with Crippen molar-refractivity contribution >= 4 is 27.5 Å². The highest BCUT2D eigenvalue weighted by molar-refractivity contribution is 9.10. The van der Waals surface area contributed by atoms with Gasteiger partial charge >= 0.3 is 0 Å². The Hall–Kier alpha value is -1.03. The zero-order valence-electron chi connectivity index (χ0n) is 10.7. The molecule has 1 saturated heterocycles. The Balaban J connectivity index is 2.18. The second-order valence-corrected chi connectivity index (χ2v) is 5.67. The molecule has 1 aromatic rings. The molecule has 0 spiro atoms. The van der Waals surface area contributed by atoms with Crippen molar-refractivity contribution in [3.8, 4) is 0 Å². The van der Waals surface area contributed by atoms with Crippen LogP contribution in [-0.4, -0.2) is 23.9 Å². The van der Waals surface area contributed by atoms with Crippen LogP contribution in [0.4, 0.5) is 5.69 Å². The summed E-state index contributed by atoms with van der Waals surface area (Å²) < 4.78 is 0.716. The zero-order valence-corrected chi connectivity index (χ0v) is 12.2. The summed E-state index contributed by atoms with van der Waals surface area (Å²) in [4.78, 5) is 14.4. The molecule has 3 nitrogen and oxygen atoms in total. The number of nitrogens with two attached hydrogens (primary N) is 1. The van der Waals surface area contributed by atoms with Gasteiger partial charge in [-0.05, 0) is 46.8 Å². The molecule has 4 heteroatoms. The molecule has 98 valence electrons. The van der Waals surface area contributed by atoms with Gasteiger partial charge in [0, 0.05) is 18.8 Å². The zero-order chi connectivity index (χ0) is 13.1. The van der Waals surface area contributed by atoms with Gasteiger partial charge in [0.15, 0.2) is 0 Å². The Morgan fingerprint density at radius 3 is 3.06 bits per heavy atom. The van der Waals surface area contributed by atoms with E-state index in [9.17, 15) is 4.79 Å². The Kier molecular flexibility index (Phi) is 4.27. The number of amides is 1. The van der Waals surface area contributed by atoms with Gasteiger partial charge in [0.25, 0.3) is 5.91 Å². The van der Waals surface area contributed by atoms with E-state index < -0.39 is 0 Å². The van der Waals surface area contributed by atoms with Crippen LogP contribution in [0.15, 0.2) is 22.7 Å². The van der Waals surface area contributed by atoms with Crippen LogP contribution in [-0.2, 0) is 0 Å². The molecule has 0 aromatic heterocycles. The standard InChI is InChI=1S/C14H19BrN2O/c1-2-10-5-4-8-17(9-10)14(18)11-6-3-7-12(16)13(11)15/h3,6-7,10H,2,4-5,8-9,16H2,1H3. The van der Waals surface area contributed by atoms with Crippen molar-refractivity contribution < 1.29 is 4.79 Å². The SMILES string of the molecule is CCC1CCCN(C(=O)c2cccc(N)c2Br)C1. The van der Waals surface area contributed by atoms with Crippen molar-refractivity contribution in [2.45, 2.75) is 26.2 Å². The van der Waals surface area contributed by atoms with Crippen molar-refractivity contribution in [3.63, 3.8) is 0 Å². The minimum Gasteiger partial charge on any atom is -0.398 e. The van der Waals surface area contributed by atoms with E-state index in [4.69, 9.17) is 5.73 Å². The van der Waals surface area contributed by atoms with E-state index >= 15 is 0 Å². The van der Waals surface area contributed by atoms with Crippen LogP contribution in [0.25, 0.3) is 0 Å².